The van der Waals surface area contributed by atoms with Gasteiger partial charge < -0.3 is 10.2 Å². The third-order valence-electron chi connectivity index (χ3n) is 5.08. The molecule has 0 unspecified atom stereocenters. The maximum atomic E-state index is 13.2. The van der Waals surface area contributed by atoms with Gasteiger partial charge in [-0.05, 0) is 30.0 Å². The quantitative estimate of drug-likeness (QED) is 0.681. The second kappa shape index (κ2) is 8.95. The van der Waals surface area contributed by atoms with Gasteiger partial charge in [0.1, 0.15) is 6.04 Å². The lowest BCUT2D eigenvalue weighted by Gasteiger charge is -2.23. The molecule has 3 nitrogen and oxygen atoms in total. The van der Waals surface area contributed by atoms with Crippen LogP contribution in [0.3, 0.4) is 0 Å². The predicted octanol–water partition coefficient (Wildman–Crippen LogP) is 4.32. The van der Waals surface area contributed by atoms with E-state index in [0.717, 1.165) is 18.7 Å². The molecule has 2 N–H and O–H groups in total. The number of nitrogens with zero attached hydrogens (tertiary/aromatic N) is 1. The largest absolute Gasteiger partial charge is 0.328 e. The van der Waals surface area contributed by atoms with Crippen molar-refractivity contribution in [3.8, 4) is 0 Å². The van der Waals surface area contributed by atoms with Crippen molar-refractivity contribution in [2.45, 2.75) is 29.5 Å². The van der Waals surface area contributed by atoms with Crippen molar-refractivity contribution in [2.75, 3.05) is 18.0 Å². The molecule has 0 saturated heterocycles. The van der Waals surface area contributed by atoms with Gasteiger partial charge in [0, 0.05) is 22.3 Å². The molecule has 5 heteroatoms. The summed E-state index contributed by atoms with van der Waals surface area (Å²) >= 11 is 3.62. The van der Waals surface area contributed by atoms with E-state index in [9.17, 15) is 4.79 Å². The fraction of sp³-hybridized carbons (Fsp3) is 0.261. The fourth-order valence-corrected chi connectivity index (χ4v) is 5.58. The Morgan fingerprint density at radius 2 is 1.89 bits per heavy atom. The molecule has 28 heavy (non-hydrogen) atoms. The van der Waals surface area contributed by atoms with E-state index in [1.54, 1.807) is 11.3 Å². The Bertz CT molecular complexity index is 911. The van der Waals surface area contributed by atoms with E-state index in [4.69, 9.17) is 0 Å². The van der Waals surface area contributed by atoms with Gasteiger partial charge in [-0.3, -0.25) is 4.79 Å². The first-order valence-corrected chi connectivity index (χ1v) is 11.5. The molecule has 1 aliphatic heterocycles. The monoisotopic (exact) mass is 409 g/mol. The number of para-hydroxylation sites is 1. The van der Waals surface area contributed by atoms with E-state index in [-0.39, 0.29) is 11.9 Å². The number of carbonyl (C=O) groups excluding carboxylic acids is 1. The van der Waals surface area contributed by atoms with Crippen molar-refractivity contribution >= 4 is 34.7 Å². The zero-order valence-corrected chi connectivity index (χ0v) is 17.6. The lowest BCUT2D eigenvalue weighted by atomic mass is 10.1. The number of hydrogen-bond donors (Lipinski definition) is 1. The molecule has 4 rings (SSSR count). The molecule has 0 fully saturated rings. The summed E-state index contributed by atoms with van der Waals surface area (Å²) in [6, 6.07) is 23.1. The van der Waals surface area contributed by atoms with Gasteiger partial charge in [-0.2, -0.15) is 0 Å². The number of anilines is 1. The van der Waals surface area contributed by atoms with Crippen LogP contribution in [0, 0.1) is 0 Å². The number of nitrogens with two attached hydrogens (primary N) is 1. The van der Waals surface area contributed by atoms with Crippen LogP contribution in [-0.4, -0.2) is 24.2 Å². The summed E-state index contributed by atoms with van der Waals surface area (Å²) in [6.45, 7) is 3.46. The Kier molecular flexibility index (Phi) is 6.15. The highest BCUT2D eigenvalue weighted by Crippen LogP contribution is 2.37. The minimum absolute atomic E-state index is 0.153. The summed E-state index contributed by atoms with van der Waals surface area (Å²) < 4.78 is 0. The molecule has 2 atom stereocenters. The summed E-state index contributed by atoms with van der Waals surface area (Å²) in [4.78, 5) is 17.7. The predicted molar refractivity (Wildman–Crippen MR) is 118 cm³/mol. The van der Waals surface area contributed by atoms with Gasteiger partial charge in [-0.1, -0.05) is 55.5 Å². The molecule has 0 spiro atoms. The Morgan fingerprint density at radius 3 is 2.68 bits per heavy atom. The molecule has 0 aliphatic carbocycles. The van der Waals surface area contributed by atoms with Crippen molar-refractivity contribution in [2.24, 2.45) is 0 Å². The second-order valence-electron chi connectivity index (χ2n) is 7.07. The smallest absolute Gasteiger partial charge is 0.282 e. The highest BCUT2D eigenvalue weighted by molar-refractivity contribution is 8.00. The Morgan fingerprint density at radius 1 is 1.11 bits per heavy atom. The Labute approximate surface area is 174 Å². The zero-order valence-electron chi connectivity index (χ0n) is 16.0. The average molecular weight is 410 g/mol. The van der Waals surface area contributed by atoms with Crippen molar-refractivity contribution in [3.05, 3.63) is 82.6 Å². The van der Waals surface area contributed by atoms with Gasteiger partial charge in [0.25, 0.3) is 5.91 Å². The average Bonchev–Trinajstić information content (AvgIpc) is 3.18. The Balaban J connectivity index is 1.53. The standard InChI is InChI=1S/C23H24N2OS2/c1-17-13-14-25(19-10-5-6-11-20(19)28-17)22(26)16-24-23(21-12-7-15-27-21)18-8-3-2-4-9-18/h2-12,15,17,23-24H,13-14,16H2,1H3/p+1/t17-,23-/m0/s1. The summed E-state index contributed by atoms with van der Waals surface area (Å²) in [6.07, 6.45) is 1.01. The molecule has 1 aliphatic rings. The van der Waals surface area contributed by atoms with Crippen molar-refractivity contribution in [3.63, 3.8) is 0 Å². The first-order chi connectivity index (χ1) is 13.7. The summed E-state index contributed by atoms with van der Waals surface area (Å²) in [5.41, 5.74) is 2.29. The van der Waals surface area contributed by atoms with E-state index in [1.165, 1.54) is 15.3 Å². The van der Waals surface area contributed by atoms with Crippen LogP contribution in [-0.2, 0) is 4.79 Å². The third kappa shape index (κ3) is 4.32. The van der Waals surface area contributed by atoms with E-state index < -0.39 is 0 Å². The second-order valence-corrected chi connectivity index (χ2v) is 9.53. The summed E-state index contributed by atoms with van der Waals surface area (Å²) in [5.74, 6) is 0.180. The van der Waals surface area contributed by atoms with Crippen LogP contribution in [0.5, 0.6) is 0 Å². The zero-order chi connectivity index (χ0) is 19.3. The number of benzene rings is 2. The van der Waals surface area contributed by atoms with Gasteiger partial charge in [0.15, 0.2) is 6.54 Å². The molecule has 3 aromatic rings. The Hall–Kier alpha value is -2.08. The van der Waals surface area contributed by atoms with Crippen LogP contribution in [0.4, 0.5) is 5.69 Å². The number of thiophene rings is 1. The van der Waals surface area contributed by atoms with Gasteiger partial charge in [0.05, 0.1) is 10.6 Å². The molecule has 0 radical (unpaired) electrons. The third-order valence-corrected chi connectivity index (χ3v) is 7.27. The molecule has 144 valence electrons. The number of amides is 1. The molecule has 0 bridgehead atoms. The number of hydrogen-bond acceptors (Lipinski definition) is 3. The molecule has 1 amide bonds. The van der Waals surface area contributed by atoms with Crippen LogP contribution < -0.4 is 10.2 Å². The topological polar surface area (TPSA) is 36.9 Å². The van der Waals surface area contributed by atoms with E-state index >= 15 is 0 Å². The van der Waals surface area contributed by atoms with Crippen molar-refractivity contribution < 1.29 is 10.1 Å². The SMILES string of the molecule is C[C@H]1CCN(C(=O)C[NH2+][C@@H](c2ccccc2)c2cccs2)c2ccccc2S1. The van der Waals surface area contributed by atoms with Crippen LogP contribution in [0.1, 0.15) is 29.8 Å². The molecule has 1 aromatic heterocycles. The summed E-state index contributed by atoms with van der Waals surface area (Å²) in [7, 11) is 0. The lowest BCUT2D eigenvalue weighted by Crippen LogP contribution is -2.87. The minimum Gasteiger partial charge on any atom is -0.328 e. The van der Waals surface area contributed by atoms with E-state index in [0.29, 0.717) is 11.8 Å². The lowest BCUT2D eigenvalue weighted by molar-refractivity contribution is -0.676. The molecule has 0 saturated carbocycles. The maximum absolute atomic E-state index is 13.2. The maximum Gasteiger partial charge on any atom is 0.282 e. The molecular weight excluding hydrogens is 384 g/mol. The van der Waals surface area contributed by atoms with Gasteiger partial charge in [0.2, 0.25) is 0 Å². The number of carbonyl (C=O) groups is 1. The molecule has 2 heterocycles. The number of quaternary nitrogens is 1. The summed E-state index contributed by atoms with van der Waals surface area (Å²) in [5, 5.41) is 4.80. The van der Waals surface area contributed by atoms with Crippen molar-refractivity contribution in [1.82, 2.24) is 0 Å². The first-order valence-electron chi connectivity index (χ1n) is 9.70. The normalized spacial score (nSPS) is 17.6. The highest BCUT2D eigenvalue weighted by atomic mass is 32.2. The molecule has 2 aromatic carbocycles. The number of thioether (sulfide) groups is 1. The van der Waals surface area contributed by atoms with Gasteiger partial charge in [-0.25, -0.2) is 0 Å². The first kappa shape index (κ1) is 19.2. The van der Waals surface area contributed by atoms with Crippen LogP contribution in [0.2, 0.25) is 0 Å². The minimum atomic E-state index is 0.153. The van der Waals surface area contributed by atoms with Crippen LogP contribution in [0.15, 0.2) is 77.0 Å². The van der Waals surface area contributed by atoms with Crippen LogP contribution >= 0.6 is 23.1 Å². The molecular formula is C23H25N2OS2+. The number of fused-ring (bicyclic) bond motifs is 1. The highest BCUT2D eigenvalue weighted by Gasteiger charge is 2.27. The van der Waals surface area contributed by atoms with Gasteiger partial charge in [-0.15, -0.1) is 23.1 Å². The van der Waals surface area contributed by atoms with E-state index in [2.05, 4.69) is 72.2 Å². The fourth-order valence-electron chi connectivity index (χ4n) is 3.62. The van der Waals surface area contributed by atoms with Crippen LogP contribution in [0.25, 0.3) is 0 Å². The number of rotatable bonds is 5. The van der Waals surface area contributed by atoms with Crippen molar-refractivity contribution in [1.29, 1.82) is 0 Å². The van der Waals surface area contributed by atoms with Gasteiger partial charge >= 0.3 is 0 Å². The van der Waals surface area contributed by atoms with E-state index in [1.807, 2.05) is 28.8 Å².